The van der Waals surface area contributed by atoms with Gasteiger partial charge in [0.2, 0.25) is 0 Å². The lowest BCUT2D eigenvalue weighted by Crippen LogP contribution is -2.40. The number of morpholine rings is 1. The summed E-state index contributed by atoms with van der Waals surface area (Å²) in [5.41, 5.74) is 6.84. The molecule has 4 aromatic rings. The number of hydrogen-bond donors (Lipinski definition) is 3. The molecular formula is C25H23N5O3. The van der Waals surface area contributed by atoms with Gasteiger partial charge in [0.1, 0.15) is 5.69 Å². The van der Waals surface area contributed by atoms with Crippen LogP contribution in [0, 0.1) is 0 Å². The predicted molar refractivity (Wildman–Crippen MR) is 124 cm³/mol. The number of benzene rings is 1. The maximum atomic E-state index is 12.8. The molecule has 8 nitrogen and oxygen atoms in total. The molecule has 6 rings (SSSR count). The molecule has 0 atom stereocenters. The Bertz CT molecular complexity index is 1380. The van der Waals surface area contributed by atoms with Crippen LogP contribution in [0.1, 0.15) is 26.5 Å². The maximum Gasteiger partial charge on any atom is 0.270 e. The highest BCUT2D eigenvalue weighted by atomic mass is 16.5. The van der Waals surface area contributed by atoms with Crippen LogP contribution >= 0.6 is 0 Å². The number of pyridine rings is 1. The Morgan fingerprint density at radius 3 is 2.73 bits per heavy atom. The molecule has 3 N–H and O–H groups in total. The summed E-state index contributed by atoms with van der Waals surface area (Å²) in [6, 6.07) is 13.8. The predicted octanol–water partition coefficient (Wildman–Crippen LogP) is 2.98. The van der Waals surface area contributed by atoms with Crippen molar-refractivity contribution in [1.82, 2.24) is 25.2 Å². The summed E-state index contributed by atoms with van der Waals surface area (Å²) in [7, 11) is 0. The Morgan fingerprint density at radius 1 is 1.00 bits per heavy atom. The van der Waals surface area contributed by atoms with Crippen molar-refractivity contribution in [2.45, 2.75) is 6.42 Å². The topological polar surface area (TPSA) is 103 Å². The highest BCUT2D eigenvalue weighted by molar-refractivity contribution is 5.99. The molecule has 1 aromatic carbocycles. The molecule has 3 aromatic heterocycles. The van der Waals surface area contributed by atoms with E-state index in [4.69, 9.17) is 4.74 Å². The van der Waals surface area contributed by atoms with Gasteiger partial charge in [0.25, 0.3) is 11.8 Å². The van der Waals surface area contributed by atoms with Crippen molar-refractivity contribution in [3.05, 3.63) is 65.6 Å². The van der Waals surface area contributed by atoms with Crippen LogP contribution in [-0.4, -0.2) is 64.5 Å². The molecule has 0 spiro atoms. The third kappa shape index (κ3) is 3.58. The zero-order chi connectivity index (χ0) is 22.4. The third-order valence-corrected chi connectivity index (χ3v) is 6.32. The van der Waals surface area contributed by atoms with E-state index in [0.717, 1.165) is 45.5 Å². The second-order valence-corrected chi connectivity index (χ2v) is 8.40. The molecule has 2 amide bonds. The number of amides is 2. The first kappa shape index (κ1) is 19.8. The van der Waals surface area contributed by atoms with Crippen LogP contribution < -0.4 is 5.32 Å². The van der Waals surface area contributed by atoms with Gasteiger partial charge in [-0.05, 0) is 36.4 Å². The Labute approximate surface area is 190 Å². The molecule has 0 radical (unpaired) electrons. The fraction of sp³-hybridized carbons (Fsp3) is 0.240. The van der Waals surface area contributed by atoms with Gasteiger partial charge in [0, 0.05) is 65.7 Å². The maximum absolute atomic E-state index is 12.8. The minimum absolute atomic E-state index is 0.00378. The minimum atomic E-state index is -0.0339. The number of aromatic amines is 2. The van der Waals surface area contributed by atoms with E-state index in [1.54, 1.807) is 6.20 Å². The van der Waals surface area contributed by atoms with E-state index in [9.17, 15) is 9.59 Å². The van der Waals surface area contributed by atoms with Gasteiger partial charge < -0.3 is 24.9 Å². The lowest BCUT2D eigenvalue weighted by atomic mass is 10.1. The van der Waals surface area contributed by atoms with Gasteiger partial charge in [-0.15, -0.1) is 0 Å². The summed E-state index contributed by atoms with van der Waals surface area (Å²) in [5, 5.41) is 3.84. The minimum Gasteiger partial charge on any atom is -0.378 e. The second kappa shape index (κ2) is 7.90. The molecule has 166 valence electrons. The average molecular weight is 441 g/mol. The van der Waals surface area contributed by atoms with Gasteiger partial charge in [-0.3, -0.25) is 14.6 Å². The van der Waals surface area contributed by atoms with Gasteiger partial charge in [-0.25, -0.2) is 0 Å². The Morgan fingerprint density at radius 2 is 1.88 bits per heavy atom. The van der Waals surface area contributed by atoms with E-state index in [1.807, 2.05) is 47.4 Å². The number of H-pyrrole nitrogens is 2. The second-order valence-electron chi connectivity index (χ2n) is 8.40. The van der Waals surface area contributed by atoms with Crippen molar-refractivity contribution in [2.75, 3.05) is 32.8 Å². The molecule has 0 aliphatic carbocycles. The smallest absolute Gasteiger partial charge is 0.270 e. The summed E-state index contributed by atoms with van der Waals surface area (Å²) in [4.78, 5) is 38.0. The van der Waals surface area contributed by atoms with Crippen LogP contribution in [0.2, 0.25) is 0 Å². The van der Waals surface area contributed by atoms with Crippen LogP contribution in [0.25, 0.3) is 33.4 Å². The quantitative estimate of drug-likeness (QED) is 0.455. The van der Waals surface area contributed by atoms with Crippen LogP contribution in [0.15, 0.2) is 48.7 Å². The van der Waals surface area contributed by atoms with Crippen molar-refractivity contribution in [3.63, 3.8) is 0 Å². The molecular weight excluding hydrogens is 418 g/mol. The van der Waals surface area contributed by atoms with Crippen molar-refractivity contribution in [1.29, 1.82) is 0 Å². The first-order valence-electron chi connectivity index (χ1n) is 11.1. The first-order chi connectivity index (χ1) is 16.2. The number of hydrogen-bond acceptors (Lipinski definition) is 4. The number of carbonyl (C=O) groups excluding carboxylic acids is 2. The van der Waals surface area contributed by atoms with Crippen LogP contribution in [0.5, 0.6) is 0 Å². The molecule has 2 aliphatic heterocycles. The van der Waals surface area contributed by atoms with Crippen molar-refractivity contribution in [2.24, 2.45) is 0 Å². The standard InChI is InChI=1S/C25H23N5O3/c31-24-18-14-22(29-20(18)4-6-27-24)16-3-5-26-21(12-16)15-1-2-19-17(11-15)13-23(28-19)25(32)30-7-9-33-10-8-30/h1-3,5,11-14,28-29H,4,6-10H2,(H,27,31). The molecule has 8 heteroatoms. The lowest BCUT2D eigenvalue weighted by Gasteiger charge is -2.26. The Kier molecular flexibility index (Phi) is 4.73. The summed E-state index contributed by atoms with van der Waals surface area (Å²) in [6.07, 6.45) is 2.58. The third-order valence-electron chi connectivity index (χ3n) is 6.32. The van der Waals surface area contributed by atoms with Crippen LogP contribution in [0.4, 0.5) is 0 Å². The Hall–Kier alpha value is -3.91. The summed E-state index contributed by atoms with van der Waals surface area (Å²) >= 11 is 0. The molecule has 33 heavy (non-hydrogen) atoms. The number of carbonyl (C=O) groups is 2. The van der Waals surface area contributed by atoms with Gasteiger partial charge in [0.05, 0.1) is 24.5 Å². The van der Waals surface area contributed by atoms with Crippen LogP contribution in [0.3, 0.4) is 0 Å². The largest absolute Gasteiger partial charge is 0.378 e. The number of nitrogens with one attached hydrogen (secondary N) is 3. The Balaban J connectivity index is 1.31. The number of fused-ring (bicyclic) bond motifs is 2. The van der Waals surface area contributed by atoms with Gasteiger partial charge >= 0.3 is 0 Å². The monoisotopic (exact) mass is 441 g/mol. The zero-order valence-electron chi connectivity index (χ0n) is 18.0. The van der Waals surface area contributed by atoms with E-state index < -0.39 is 0 Å². The summed E-state index contributed by atoms with van der Waals surface area (Å²) in [6.45, 7) is 3.03. The normalized spacial score (nSPS) is 16.0. The molecule has 0 bridgehead atoms. The SMILES string of the molecule is O=C1NCCc2[nH]c(-c3ccnc(-c4ccc5[nH]c(C(=O)N6CCOCC6)cc5c4)c3)cc21. The fourth-order valence-electron chi connectivity index (χ4n) is 4.55. The highest BCUT2D eigenvalue weighted by Gasteiger charge is 2.21. The van der Waals surface area contributed by atoms with Crippen molar-refractivity contribution >= 4 is 22.7 Å². The van der Waals surface area contributed by atoms with Gasteiger partial charge in [0.15, 0.2) is 0 Å². The van der Waals surface area contributed by atoms with Crippen LogP contribution in [-0.2, 0) is 11.2 Å². The summed E-state index contributed by atoms with van der Waals surface area (Å²) < 4.78 is 5.35. The molecule has 1 fully saturated rings. The van der Waals surface area contributed by atoms with Crippen molar-refractivity contribution < 1.29 is 14.3 Å². The molecule has 1 saturated heterocycles. The van der Waals surface area contributed by atoms with E-state index >= 15 is 0 Å². The van der Waals surface area contributed by atoms with E-state index in [2.05, 4.69) is 20.3 Å². The molecule has 0 unspecified atom stereocenters. The molecule has 5 heterocycles. The van der Waals surface area contributed by atoms with Crippen molar-refractivity contribution in [3.8, 4) is 22.5 Å². The summed E-state index contributed by atoms with van der Waals surface area (Å²) in [5.74, 6) is -0.0377. The number of nitrogens with zero attached hydrogens (tertiary/aromatic N) is 2. The zero-order valence-corrected chi connectivity index (χ0v) is 18.0. The van der Waals surface area contributed by atoms with E-state index in [1.165, 1.54) is 0 Å². The number of rotatable bonds is 3. The average Bonchev–Trinajstić information content (AvgIpc) is 3.49. The van der Waals surface area contributed by atoms with E-state index in [0.29, 0.717) is 44.1 Å². The number of aromatic nitrogens is 3. The fourth-order valence-corrected chi connectivity index (χ4v) is 4.55. The molecule has 0 saturated carbocycles. The number of ether oxygens (including phenoxy) is 1. The lowest BCUT2D eigenvalue weighted by molar-refractivity contribution is 0.0299. The first-order valence-corrected chi connectivity index (χ1v) is 11.1. The highest BCUT2D eigenvalue weighted by Crippen LogP contribution is 2.29. The molecule has 2 aliphatic rings. The van der Waals surface area contributed by atoms with E-state index in [-0.39, 0.29) is 11.8 Å². The van der Waals surface area contributed by atoms with Gasteiger partial charge in [-0.2, -0.15) is 0 Å². The van der Waals surface area contributed by atoms with Gasteiger partial charge in [-0.1, -0.05) is 6.07 Å².